The summed E-state index contributed by atoms with van der Waals surface area (Å²) in [6.45, 7) is 6.15. The second-order valence-corrected chi connectivity index (χ2v) is 8.26. The van der Waals surface area contributed by atoms with E-state index in [0.29, 0.717) is 21.3 Å². The molecule has 4 aromatic rings. The number of nitrogens with zero attached hydrogens (tertiary/aromatic N) is 3. The Morgan fingerprint density at radius 3 is 2.66 bits per heavy atom. The lowest BCUT2D eigenvalue weighted by Gasteiger charge is -2.05. The van der Waals surface area contributed by atoms with Crippen LogP contribution in [0.2, 0.25) is 5.15 Å². The molecule has 0 fully saturated rings. The lowest BCUT2D eigenvalue weighted by Crippen LogP contribution is -1.89. The third-order valence-electron chi connectivity index (χ3n) is 4.84. The molecular formula is C24H18ClN3S. The van der Waals surface area contributed by atoms with Crippen LogP contribution in [-0.2, 0) is 0 Å². The Kier molecular flexibility index (Phi) is 5.19. The molecule has 0 radical (unpaired) electrons. The molecule has 4 rings (SSSR count). The van der Waals surface area contributed by atoms with Crippen molar-refractivity contribution in [2.75, 3.05) is 0 Å². The highest BCUT2D eigenvalue weighted by molar-refractivity contribution is 7.11. The van der Waals surface area contributed by atoms with Gasteiger partial charge in [-0.3, -0.25) is 0 Å². The molecule has 0 saturated heterocycles. The van der Waals surface area contributed by atoms with Crippen molar-refractivity contribution in [3.8, 4) is 17.3 Å². The van der Waals surface area contributed by atoms with Gasteiger partial charge >= 0.3 is 0 Å². The first-order chi connectivity index (χ1) is 14.0. The molecule has 0 saturated carbocycles. The van der Waals surface area contributed by atoms with E-state index in [9.17, 15) is 5.26 Å². The average Bonchev–Trinajstić information content (AvgIpc) is 3.16. The zero-order valence-corrected chi connectivity index (χ0v) is 17.9. The van der Waals surface area contributed by atoms with E-state index >= 15 is 0 Å². The third-order valence-corrected chi connectivity index (χ3v) is 6.02. The molecule has 0 unspecified atom stereocenters. The van der Waals surface area contributed by atoms with E-state index < -0.39 is 0 Å². The zero-order chi connectivity index (χ0) is 20.5. The van der Waals surface area contributed by atoms with E-state index in [1.54, 1.807) is 6.08 Å². The highest BCUT2D eigenvalue weighted by Crippen LogP contribution is 2.31. The number of rotatable bonds is 3. The van der Waals surface area contributed by atoms with Gasteiger partial charge in [0.2, 0.25) is 0 Å². The van der Waals surface area contributed by atoms with Gasteiger partial charge in [-0.05, 0) is 44.0 Å². The molecule has 3 nitrogen and oxygen atoms in total. The second-order valence-electron chi connectivity index (χ2n) is 7.04. The Bertz CT molecular complexity index is 1310. The van der Waals surface area contributed by atoms with E-state index in [0.717, 1.165) is 27.7 Å². The van der Waals surface area contributed by atoms with Gasteiger partial charge in [-0.25, -0.2) is 9.97 Å². The number of para-hydroxylation sites is 1. The van der Waals surface area contributed by atoms with Crippen molar-refractivity contribution in [2.24, 2.45) is 0 Å². The Labute approximate surface area is 179 Å². The van der Waals surface area contributed by atoms with Crippen LogP contribution in [0, 0.1) is 32.1 Å². The summed E-state index contributed by atoms with van der Waals surface area (Å²) in [5.74, 6) is 0. The van der Waals surface area contributed by atoms with Gasteiger partial charge in [0.15, 0.2) is 0 Å². The van der Waals surface area contributed by atoms with Gasteiger partial charge in [-0.1, -0.05) is 53.6 Å². The molecule has 0 aliphatic rings. The molecule has 0 bridgehead atoms. The van der Waals surface area contributed by atoms with Gasteiger partial charge in [-0.15, -0.1) is 11.3 Å². The maximum absolute atomic E-state index is 9.74. The normalized spacial score (nSPS) is 11.6. The maximum atomic E-state index is 9.74. The van der Waals surface area contributed by atoms with Crippen LogP contribution < -0.4 is 0 Å². The Hall–Kier alpha value is -3.00. The minimum Gasteiger partial charge on any atom is -0.235 e. The number of benzene rings is 2. The number of thiazole rings is 1. The Morgan fingerprint density at radius 1 is 1.07 bits per heavy atom. The Balaban J connectivity index is 1.76. The van der Waals surface area contributed by atoms with Gasteiger partial charge < -0.3 is 0 Å². The number of aryl methyl sites for hydroxylation is 3. The van der Waals surface area contributed by atoms with Crippen molar-refractivity contribution in [3.63, 3.8) is 0 Å². The summed E-state index contributed by atoms with van der Waals surface area (Å²) >= 11 is 7.87. The zero-order valence-electron chi connectivity index (χ0n) is 16.3. The number of pyridine rings is 1. The van der Waals surface area contributed by atoms with Crippen LogP contribution in [0.5, 0.6) is 0 Å². The summed E-state index contributed by atoms with van der Waals surface area (Å²) in [4.78, 5) is 9.23. The van der Waals surface area contributed by atoms with Gasteiger partial charge in [0.1, 0.15) is 16.2 Å². The molecule has 142 valence electrons. The first-order valence-electron chi connectivity index (χ1n) is 9.17. The fourth-order valence-corrected chi connectivity index (χ4v) is 4.34. The lowest BCUT2D eigenvalue weighted by atomic mass is 10.0. The average molecular weight is 416 g/mol. The van der Waals surface area contributed by atoms with Gasteiger partial charge in [0.25, 0.3) is 0 Å². The SMILES string of the molecule is Cc1ccc(-c2csc(/C(C#N)=C/c3cc4cccc(C)c4nc3Cl)n2)c(C)c1. The van der Waals surface area contributed by atoms with E-state index in [2.05, 4.69) is 43.1 Å². The monoisotopic (exact) mass is 415 g/mol. The summed E-state index contributed by atoms with van der Waals surface area (Å²) in [6, 6.07) is 16.5. The summed E-state index contributed by atoms with van der Waals surface area (Å²) in [7, 11) is 0. The lowest BCUT2D eigenvalue weighted by molar-refractivity contribution is 1.32. The topological polar surface area (TPSA) is 49.6 Å². The van der Waals surface area contributed by atoms with E-state index in [-0.39, 0.29) is 0 Å². The summed E-state index contributed by atoms with van der Waals surface area (Å²) in [5, 5.41) is 13.8. The highest BCUT2D eigenvalue weighted by atomic mass is 35.5. The fourth-order valence-electron chi connectivity index (χ4n) is 3.36. The molecule has 2 aromatic heterocycles. The standard InChI is InChI=1S/C24H18ClN3S/c1-14-7-8-20(16(3)9-14)21-13-29-24(27-21)19(12-26)11-18-10-17-6-4-5-15(2)22(17)28-23(18)25/h4-11,13H,1-3H3/b19-11+. The number of hydrogen-bond donors (Lipinski definition) is 0. The molecule has 29 heavy (non-hydrogen) atoms. The number of nitriles is 1. The number of aromatic nitrogens is 2. The van der Waals surface area contributed by atoms with E-state index in [1.807, 2.05) is 36.6 Å². The molecule has 0 N–H and O–H groups in total. The van der Waals surface area contributed by atoms with Crippen molar-refractivity contribution in [1.82, 2.24) is 9.97 Å². The molecule has 0 aliphatic carbocycles. The summed E-state index contributed by atoms with van der Waals surface area (Å²) in [5.41, 5.74) is 7.47. The minimum absolute atomic E-state index is 0.380. The van der Waals surface area contributed by atoms with Gasteiger partial charge in [-0.2, -0.15) is 5.26 Å². The van der Waals surface area contributed by atoms with E-state index in [4.69, 9.17) is 16.6 Å². The van der Waals surface area contributed by atoms with Crippen molar-refractivity contribution in [2.45, 2.75) is 20.8 Å². The third kappa shape index (κ3) is 3.80. The van der Waals surface area contributed by atoms with Crippen molar-refractivity contribution < 1.29 is 0 Å². The molecule has 5 heteroatoms. The molecule has 0 spiro atoms. The molecule has 2 heterocycles. The van der Waals surface area contributed by atoms with Crippen LogP contribution >= 0.6 is 22.9 Å². The molecule has 0 amide bonds. The van der Waals surface area contributed by atoms with Gasteiger partial charge in [0.05, 0.1) is 16.8 Å². The smallest absolute Gasteiger partial charge is 0.137 e. The minimum atomic E-state index is 0.380. The van der Waals surface area contributed by atoms with E-state index in [1.165, 1.54) is 22.5 Å². The molecule has 0 aliphatic heterocycles. The largest absolute Gasteiger partial charge is 0.235 e. The number of hydrogen-bond acceptors (Lipinski definition) is 4. The van der Waals surface area contributed by atoms with Gasteiger partial charge in [0, 0.05) is 21.9 Å². The Morgan fingerprint density at radius 2 is 1.90 bits per heavy atom. The number of allylic oxidation sites excluding steroid dienone is 1. The predicted octanol–water partition coefficient (Wildman–Crippen LogP) is 7.00. The van der Waals surface area contributed by atoms with Crippen LogP contribution in [0.25, 0.3) is 33.8 Å². The van der Waals surface area contributed by atoms with Crippen molar-refractivity contribution >= 4 is 45.5 Å². The fraction of sp³-hybridized carbons (Fsp3) is 0.125. The molecule has 0 atom stereocenters. The van der Waals surface area contributed by atoms with Crippen LogP contribution in [0.15, 0.2) is 47.8 Å². The summed E-state index contributed by atoms with van der Waals surface area (Å²) in [6.07, 6.45) is 1.77. The van der Waals surface area contributed by atoms with Crippen LogP contribution in [0.1, 0.15) is 27.3 Å². The van der Waals surface area contributed by atoms with Crippen molar-refractivity contribution in [1.29, 1.82) is 5.26 Å². The van der Waals surface area contributed by atoms with Crippen molar-refractivity contribution in [3.05, 3.63) is 80.3 Å². The molecular weight excluding hydrogens is 398 g/mol. The summed E-state index contributed by atoms with van der Waals surface area (Å²) < 4.78 is 0. The second kappa shape index (κ2) is 7.79. The number of halogens is 1. The van der Waals surface area contributed by atoms with Crippen LogP contribution in [0.4, 0.5) is 0 Å². The predicted molar refractivity (Wildman–Crippen MR) is 122 cm³/mol. The highest BCUT2D eigenvalue weighted by Gasteiger charge is 2.12. The number of fused-ring (bicyclic) bond motifs is 1. The van der Waals surface area contributed by atoms with Crippen LogP contribution in [-0.4, -0.2) is 9.97 Å². The quantitative estimate of drug-likeness (QED) is 0.267. The first-order valence-corrected chi connectivity index (χ1v) is 10.4. The van der Waals surface area contributed by atoms with Crippen LogP contribution in [0.3, 0.4) is 0 Å². The molecule has 2 aromatic carbocycles. The first kappa shape index (κ1) is 19.3. The maximum Gasteiger partial charge on any atom is 0.137 e.